The normalized spacial score (nSPS) is 21.0. The van der Waals surface area contributed by atoms with E-state index >= 15 is 0 Å². The molecule has 3 aromatic rings. The fraction of sp³-hybridized carbons (Fsp3) is 0.350. The van der Waals surface area contributed by atoms with Crippen molar-refractivity contribution in [1.29, 1.82) is 0 Å². The Balaban J connectivity index is 1.44. The SMILES string of the molecule is Cc1noc(N2C[C@@H]3COc4c(cn(C)c4C(=O)Nc4cc(F)c(F)c(F)c4)S(=O)(=O)N[C@@H]3C2)n1. The molecule has 4 heterocycles. The minimum absolute atomic E-state index is 0.0495. The molecule has 15 heteroatoms. The fourth-order valence-corrected chi connectivity index (χ4v) is 5.67. The van der Waals surface area contributed by atoms with E-state index in [0.29, 0.717) is 24.5 Å². The van der Waals surface area contributed by atoms with Gasteiger partial charge in [0.25, 0.3) is 5.91 Å². The Bertz CT molecular complexity index is 1420. The van der Waals surface area contributed by atoms with Crippen LogP contribution in [0.3, 0.4) is 0 Å². The molecule has 2 aromatic heterocycles. The zero-order valence-corrected chi connectivity index (χ0v) is 19.2. The second-order valence-electron chi connectivity index (χ2n) is 8.32. The van der Waals surface area contributed by atoms with Crippen molar-refractivity contribution in [3.63, 3.8) is 0 Å². The Morgan fingerprint density at radius 2 is 1.94 bits per heavy atom. The van der Waals surface area contributed by atoms with Gasteiger partial charge < -0.3 is 24.0 Å². The summed E-state index contributed by atoms with van der Waals surface area (Å²) in [7, 11) is -2.70. The molecule has 2 aliphatic heterocycles. The van der Waals surface area contributed by atoms with Gasteiger partial charge in [0.15, 0.2) is 34.7 Å². The van der Waals surface area contributed by atoms with E-state index in [2.05, 4.69) is 20.2 Å². The predicted molar refractivity (Wildman–Crippen MR) is 114 cm³/mol. The number of halogens is 3. The van der Waals surface area contributed by atoms with Crippen LogP contribution in [0.1, 0.15) is 16.3 Å². The third kappa shape index (κ3) is 4.10. The third-order valence-corrected chi connectivity index (χ3v) is 7.31. The van der Waals surface area contributed by atoms with Gasteiger partial charge in [-0.15, -0.1) is 0 Å². The van der Waals surface area contributed by atoms with Crippen LogP contribution in [0.5, 0.6) is 5.75 Å². The van der Waals surface area contributed by atoms with Crippen molar-refractivity contribution < 1.29 is 35.6 Å². The van der Waals surface area contributed by atoms with E-state index in [1.807, 2.05) is 0 Å². The van der Waals surface area contributed by atoms with Crippen LogP contribution in [0.15, 0.2) is 27.7 Å². The highest BCUT2D eigenvalue weighted by Crippen LogP contribution is 2.35. The van der Waals surface area contributed by atoms with Gasteiger partial charge in [0.1, 0.15) is 4.90 Å². The lowest BCUT2D eigenvalue weighted by atomic mass is 10.1. The Morgan fingerprint density at radius 3 is 2.60 bits per heavy atom. The molecule has 5 rings (SSSR count). The molecule has 35 heavy (non-hydrogen) atoms. The molecule has 1 amide bonds. The first kappa shape index (κ1) is 23.2. The van der Waals surface area contributed by atoms with Crippen LogP contribution in [0.4, 0.5) is 24.9 Å². The number of nitrogens with one attached hydrogen (secondary N) is 2. The molecule has 0 bridgehead atoms. The number of nitrogens with zero attached hydrogens (tertiary/aromatic N) is 4. The highest BCUT2D eigenvalue weighted by atomic mass is 32.2. The number of fused-ring (bicyclic) bond motifs is 2. The number of amides is 1. The number of ether oxygens (including phenoxy) is 1. The molecule has 186 valence electrons. The molecule has 0 aliphatic carbocycles. The Labute approximate surface area is 196 Å². The smallest absolute Gasteiger partial charge is 0.324 e. The lowest BCUT2D eigenvalue weighted by molar-refractivity contribution is 0.101. The average molecular weight is 512 g/mol. The molecular formula is C20H19F3N6O5S. The van der Waals surface area contributed by atoms with Crippen molar-refractivity contribution >= 4 is 27.6 Å². The largest absolute Gasteiger partial charge is 0.489 e. The Kier molecular flexibility index (Phi) is 5.47. The third-order valence-electron chi connectivity index (χ3n) is 5.83. The van der Waals surface area contributed by atoms with Gasteiger partial charge in [-0.1, -0.05) is 5.16 Å². The molecule has 0 unspecified atom stereocenters. The van der Waals surface area contributed by atoms with Crippen molar-refractivity contribution in [3.8, 4) is 5.75 Å². The number of carbonyl (C=O) groups excluding carboxylic acids is 1. The zero-order chi connectivity index (χ0) is 25.1. The molecule has 11 nitrogen and oxygen atoms in total. The number of hydrogen-bond donors (Lipinski definition) is 2. The van der Waals surface area contributed by atoms with Crippen LogP contribution < -0.4 is 19.7 Å². The standard InChI is InChI=1S/C20H19F3N6O5S/c1-9-24-20(34-26-9)29-5-10-8-33-18-15(35(31,32)27-14(10)6-29)7-28(2)17(18)19(30)25-11-3-12(21)16(23)13(22)4-11/h3-4,7,10,14,27H,5-6,8H2,1-2H3,(H,25,30)/t10-,14-/m1/s1. The van der Waals surface area contributed by atoms with Crippen LogP contribution in [-0.2, 0) is 17.1 Å². The second kappa shape index (κ2) is 8.27. The Morgan fingerprint density at radius 1 is 1.23 bits per heavy atom. The molecule has 1 aromatic carbocycles. The fourth-order valence-electron chi connectivity index (χ4n) is 4.19. The number of aromatic nitrogens is 3. The second-order valence-corrected chi connectivity index (χ2v) is 10.0. The summed E-state index contributed by atoms with van der Waals surface area (Å²) in [5, 5.41) is 5.99. The van der Waals surface area contributed by atoms with E-state index in [0.717, 1.165) is 0 Å². The number of aryl methyl sites for hydroxylation is 2. The number of benzene rings is 1. The summed E-state index contributed by atoms with van der Waals surface area (Å²) >= 11 is 0. The van der Waals surface area contributed by atoms with Crippen LogP contribution in [-0.4, -0.2) is 54.8 Å². The van der Waals surface area contributed by atoms with E-state index in [-0.39, 0.29) is 47.1 Å². The molecule has 1 saturated heterocycles. The summed E-state index contributed by atoms with van der Waals surface area (Å²) in [5.41, 5.74) is -0.550. The van der Waals surface area contributed by atoms with Crippen molar-refractivity contribution in [2.75, 3.05) is 29.9 Å². The van der Waals surface area contributed by atoms with E-state index in [4.69, 9.17) is 9.26 Å². The molecule has 0 radical (unpaired) electrons. The highest BCUT2D eigenvalue weighted by molar-refractivity contribution is 7.89. The first-order valence-electron chi connectivity index (χ1n) is 10.4. The molecule has 0 saturated carbocycles. The average Bonchev–Trinajstić information content (AvgIpc) is 3.46. The summed E-state index contributed by atoms with van der Waals surface area (Å²) < 4.78 is 81.6. The Hall–Kier alpha value is -3.59. The van der Waals surface area contributed by atoms with Gasteiger partial charge in [0.05, 0.1) is 6.61 Å². The number of hydrogen-bond acceptors (Lipinski definition) is 8. The van der Waals surface area contributed by atoms with Gasteiger partial charge in [0.2, 0.25) is 10.0 Å². The first-order valence-corrected chi connectivity index (χ1v) is 11.9. The highest BCUT2D eigenvalue weighted by Gasteiger charge is 2.42. The van der Waals surface area contributed by atoms with Crippen molar-refractivity contribution in [2.24, 2.45) is 13.0 Å². The van der Waals surface area contributed by atoms with Crippen LogP contribution in [0.2, 0.25) is 0 Å². The number of anilines is 2. The molecular weight excluding hydrogens is 493 g/mol. The molecule has 0 spiro atoms. The minimum Gasteiger partial charge on any atom is -0.489 e. The van der Waals surface area contributed by atoms with Crippen molar-refractivity contribution in [1.82, 2.24) is 19.4 Å². The minimum atomic E-state index is -4.12. The zero-order valence-electron chi connectivity index (χ0n) is 18.4. The maximum Gasteiger partial charge on any atom is 0.324 e. The topological polar surface area (TPSA) is 132 Å². The van der Waals surface area contributed by atoms with Gasteiger partial charge in [-0.2, -0.15) is 4.98 Å². The monoisotopic (exact) mass is 512 g/mol. The van der Waals surface area contributed by atoms with Gasteiger partial charge in [0, 0.05) is 56.1 Å². The van der Waals surface area contributed by atoms with E-state index < -0.39 is 39.4 Å². The van der Waals surface area contributed by atoms with Crippen molar-refractivity contribution in [3.05, 3.63) is 47.3 Å². The van der Waals surface area contributed by atoms with Crippen LogP contribution >= 0.6 is 0 Å². The molecule has 2 aliphatic rings. The molecule has 2 N–H and O–H groups in total. The summed E-state index contributed by atoms with van der Waals surface area (Å²) in [6.07, 6.45) is 1.20. The van der Waals surface area contributed by atoms with E-state index in [1.165, 1.54) is 17.8 Å². The van der Waals surface area contributed by atoms with Gasteiger partial charge >= 0.3 is 6.01 Å². The molecule has 2 atom stereocenters. The quantitative estimate of drug-likeness (QED) is 0.506. The van der Waals surface area contributed by atoms with Gasteiger partial charge in [-0.25, -0.2) is 26.3 Å². The van der Waals surface area contributed by atoms with E-state index in [9.17, 15) is 26.4 Å². The van der Waals surface area contributed by atoms with E-state index in [1.54, 1.807) is 11.8 Å². The van der Waals surface area contributed by atoms with Crippen molar-refractivity contribution in [2.45, 2.75) is 17.9 Å². The lowest BCUT2D eigenvalue weighted by Crippen LogP contribution is -2.43. The summed E-state index contributed by atoms with van der Waals surface area (Å²) in [6, 6.07) is 0.951. The number of rotatable bonds is 3. The summed E-state index contributed by atoms with van der Waals surface area (Å²) in [4.78, 5) is 18.6. The van der Waals surface area contributed by atoms with Gasteiger partial charge in [-0.3, -0.25) is 4.79 Å². The maximum absolute atomic E-state index is 13.6. The predicted octanol–water partition coefficient (Wildman–Crippen LogP) is 1.56. The maximum atomic E-state index is 13.6. The van der Waals surface area contributed by atoms with Crippen LogP contribution in [0, 0.1) is 30.3 Å². The van der Waals surface area contributed by atoms with Gasteiger partial charge in [-0.05, 0) is 6.92 Å². The summed E-state index contributed by atoms with van der Waals surface area (Å²) in [6.45, 7) is 2.34. The number of sulfonamides is 1. The first-order chi connectivity index (χ1) is 16.5. The number of carbonyl (C=O) groups is 1. The summed E-state index contributed by atoms with van der Waals surface area (Å²) in [5.74, 6) is -5.65. The molecule has 1 fully saturated rings. The lowest BCUT2D eigenvalue weighted by Gasteiger charge is -2.23. The van der Waals surface area contributed by atoms with Crippen LogP contribution in [0.25, 0.3) is 0 Å².